The molecule has 0 aliphatic carbocycles. The number of hydrogen-bond acceptors (Lipinski definition) is 5. The van der Waals surface area contributed by atoms with E-state index >= 15 is 0 Å². The molecule has 24 heavy (non-hydrogen) atoms. The van der Waals surface area contributed by atoms with Crippen molar-refractivity contribution < 1.29 is 10.2 Å². The van der Waals surface area contributed by atoms with Crippen molar-refractivity contribution in [3.05, 3.63) is 58.7 Å². The lowest BCUT2D eigenvalue weighted by atomic mass is 9.96. The van der Waals surface area contributed by atoms with Gasteiger partial charge in [-0.2, -0.15) is 0 Å². The summed E-state index contributed by atoms with van der Waals surface area (Å²) in [5.41, 5.74) is 9.92. The second-order valence-electron chi connectivity index (χ2n) is 6.59. The molecule has 0 radical (unpaired) electrons. The number of aryl methyl sites for hydroxylation is 1. The van der Waals surface area contributed by atoms with E-state index in [-0.39, 0.29) is 17.4 Å². The summed E-state index contributed by atoms with van der Waals surface area (Å²) in [6.45, 7) is 6.98. The van der Waals surface area contributed by atoms with Crippen LogP contribution in [0.5, 0.6) is 11.5 Å². The van der Waals surface area contributed by atoms with Crippen LogP contribution >= 0.6 is 0 Å². The summed E-state index contributed by atoms with van der Waals surface area (Å²) in [6, 6.07) is 10.7. The summed E-state index contributed by atoms with van der Waals surface area (Å²) in [5, 5.41) is 21.7. The summed E-state index contributed by atoms with van der Waals surface area (Å²) < 4.78 is 0. The smallest absolute Gasteiger partial charge is 0.124 e. The van der Waals surface area contributed by atoms with Gasteiger partial charge in [-0.15, -0.1) is 0 Å². The van der Waals surface area contributed by atoms with Crippen LogP contribution in [0.15, 0.2) is 36.4 Å². The minimum absolute atomic E-state index is 0.00584. The van der Waals surface area contributed by atoms with Crippen LogP contribution in [-0.4, -0.2) is 21.8 Å². The molecule has 0 aliphatic heterocycles. The fraction of sp³-hybridized carbons (Fsp3) is 0.368. The zero-order valence-electron chi connectivity index (χ0n) is 14.5. The molecule has 1 atom stereocenters. The number of phenolic OH excluding ortho intramolecular Hbond substituents is 2. The standard InChI is InChI=1S/C19H27N3O2/c1-12(2)15-8-16(19(24)9-18(15)23)17(20)11-22(21)10-14-7-5-4-6-13(14)3/h4-9,12,17,23-24H,10-11,20-21H2,1-3H3. The molecule has 6 N–H and O–H groups in total. The van der Waals surface area contributed by atoms with Gasteiger partial charge in [-0.1, -0.05) is 38.1 Å². The molecule has 0 heterocycles. The fourth-order valence-corrected chi connectivity index (χ4v) is 2.79. The third kappa shape index (κ3) is 4.26. The van der Waals surface area contributed by atoms with Crippen LogP contribution in [0.3, 0.4) is 0 Å². The van der Waals surface area contributed by atoms with Gasteiger partial charge in [-0.3, -0.25) is 5.84 Å². The fourth-order valence-electron chi connectivity index (χ4n) is 2.79. The van der Waals surface area contributed by atoms with Crippen molar-refractivity contribution in [2.75, 3.05) is 6.54 Å². The number of benzene rings is 2. The summed E-state index contributed by atoms with van der Waals surface area (Å²) in [4.78, 5) is 0. The maximum atomic E-state index is 10.1. The Morgan fingerprint density at radius 2 is 1.67 bits per heavy atom. The van der Waals surface area contributed by atoms with Gasteiger partial charge >= 0.3 is 0 Å². The number of nitrogens with zero attached hydrogens (tertiary/aromatic N) is 1. The number of hydrogen-bond donors (Lipinski definition) is 4. The molecule has 0 fully saturated rings. The van der Waals surface area contributed by atoms with Gasteiger partial charge in [0.25, 0.3) is 0 Å². The Hall–Kier alpha value is -2.08. The number of aromatic hydroxyl groups is 2. The van der Waals surface area contributed by atoms with Gasteiger partial charge in [0.1, 0.15) is 11.5 Å². The van der Waals surface area contributed by atoms with Crippen molar-refractivity contribution in [1.29, 1.82) is 0 Å². The number of hydrazine groups is 1. The minimum Gasteiger partial charge on any atom is -0.508 e. The van der Waals surface area contributed by atoms with Gasteiger partial charge in [0.15, 0.2) is 0 Å². The molecular formula is C19H27N3O2. The largest absolute Gasteiger partial charge is 0.508 e. The Kier molecular flexibility index (Phi) is 5.83. The van der Waals surface area contributed by atoms with E-state index in [1.165, 1.54) is 11.6 Å². The molecule has 0 aliphatic rings. The van der Waals surface area contributed by atoms with Crippen LogP contribution < -0.4 is 11.6 Å². The monoisotopic (exact) mass is 329 g/mol. The summed E-state index contributed by atoms with van der Waals surface area (Å²) in [7, 11) is 0. The summed E-state index contributed by atoms with van der Waals surface area (Å²) in [6.07, 6.45) is 0. The highest BCUT2D eigenvalue weighted by molar-refractivity contribution is 5.47. The Labute approximate surface area is 143 Å². The first-order valence-corrected chi connectivity index (χ1v) is 8.15. The van der Waals surface area contributed by atoms with Gasteiger partial charge < -0.3 is 15.9 Å². The maximum absolute atomic E-state index is 10.1. The highest BCUT2D eigenvalue weighted by atomic mass is 16.3. The normalized spacial score (nSPS) is 12.8. The number of nitrogens with two attached hydrogens (primary N) is 2. The lowest BCUT2D eigenvalue weighted by Crippen LogP contribution is -2.37. The SMILES string of the molecule is Cc1ccccc1CN(N)CC(N)c1cc(C(C)C)c(O)cc1O. The van der Waals surface area contributed by atoms with E-state index in [1.807, 2.05) is 45.0 Å². The maximum Gasteiger partial charge on any atom is 0.124 e. The van der Waals surface area contributed by atoms with E-state index in [4.69, 9.17) is 11.6 Å². The van der Waals surface area contributed by atoms with E-state index in [9.17, 15) is 10.2 Å². The first kappa shape index (κ1) is 18.3. The predicted molar refractivity (Wildman–Crippen MR) is 96.6 cm³/mol. The number of phenols is 2. The molecule has 130 valence electrons. The van der Waals surface area contributed by atoms with Crippen molar-refractivity contribution in [3.8, 4) is 11.5 Å². The van der Waals surface area contributed by atoms with Gasteiger partial charge in [0.2, 0.25) is 0 Å². The molecule has 0 saturated heterocycles. The van der Waals surface area contributed by atoms with E-state index in [0.717, 1.165) is 11.1 Å². The molecule has 0 amide bonds. The zero-order valence-corrected chi connectivity index (χ0v) is 14.5. The molecule has 0 saturated carbocycles. The van der Waals surface area contributed by atoms with Crippen molar-refractivity contribution in [3.63, 3.8) is 0 Å². The van der Waals surface area contributed by atoms with E-state index < -0.39 is 6.04 Å². The quantitative estimate of drug-likeness (QED) is 0.483. The van der Waals surface area contributed by atoms with Crippen molar-refractivity contribution in [2.45, 2.75) is 39.3 Å². The molecule has 2 rings (SSSR count). The van der Waals surface area contributed by atoms with Crippen LogP contribution in [0, 0.1) is 6.92 Å². The van der Waals surface area contributed by atoms with Crippen LogP contribution in [0.4, 0.5) is 0 Å². The van der Waals surface area contributed by atoms with Crippen LogP contribution in [-0.2, 0) is 6.54 Å². The average Bonchev–Trinajstić information content (AvgIpc) is 2.49. The number of rotatable bonds is 6. The first-order chi connectivity index (χ1) is 11.3. The predicted octanol–water partition coefficient (Wildman–Crippen LogP) is 2.91. The second kappa shape index (κ2) is 7.66. The van der Waals surface area contributed by atoms with E-state index in [1.54, 1.807) is 11.1 Å². The molecular weight excluding hydrogens is 302 g/mol. The van der Waals surface area contributed by atoms with E-state index in [2.05, 4.69) is 0 Å². The lowest BCUT2D eigenvalue weighted by Gasteiger charge is -2.23. The van der Waals surface area contributed by atoms with Crippen molar-refractivity contribution in [2.24, 2.45) is 11.6 Å². The second-order valence-corrected chi connectivity index (χ2v) is 6.59. The molecule has 2 aromatic rings. The molecule has 0 spiro atoms. The van der Waals surface area contributed by atoms with Crippen molar-refractivity contribution in [1.82, 2.24) is 5.01 Å². The Balaban J connectivity index is 2.13. The zero-order chi connectivity index (χ0) is 17.9. The lowest BCUT2D eigenvalue weighted by molar-refractivity contribution is 0.255. The van der Waals surface area contributed by atoms with Crippen molar-refractivity contribution >= 4 is 0 Å². The summed E-state index contributed by atoms with van der Waals surface area (Å²) >= 11 is 0. The van der Waals surface area contributed by atoms with Crippen LogP contribution in [0.25, 0.3) is 0 Å². The average molecular weight is 329 g/mol. The third-order valence-corrected chi connectivity index (χ3v) is 4.26. The highest BCUT2D eigenvalue weighted by Gasteiger charge is 2.18. The topological polar surface area (TPSA) is 95.7 Å². The molecule has 0 bridgehead atoms. The highest BCUT2D eigenvalue weighted by Crippen LogP contribution is 2.34. The molecule has 1 unspecified atom stereocenters. The van der Waals surface area contributed by atoms with E-state index in [0.29, 0.717) is 18.7 Å². The minimum atomic E-state index is -0.447. The van der Waals surface area contributed by atoms with Crippen LogP contribution in [0.2, 0.25) is 0 Å². The first-order valence-electron chi connectivity index (χ1n) is 8.15. The Morgan fingerprint density at radius 3 is 2.29 bits per heavy atom. The van der Waals surface area contributed by atoms with Gasteiger partial charge in [0, 0.05) is 30.8 Å². The van der Waals surface area contributed by atoms with Crippen LogP contribution in [0.1, 0.15) is 48.1 Å². The molecule has 5 heteroatoms. The molecule has 5 nitrogen and oxygen atoms in total. The Morgan fingerprint density at radius 1 is 1.04 bits per heavy atom. The molecule has 0 aromatic heterocycles. The van der Waals surface area contributed by atoms with Gasteiger partial charge in [0.05, 0.1) is 0 Å². The third-order valence-electron chi connectivity index (χ3n) is 4.26. The van der Waals surface area contributed by atoms with Gasteiger partial charge in [-0.05, 0) is 35.6 Å². The molecule has 2 aromatic carbocycles. The summed E-state index contributed by atoms with van der Waals surface area (Å²) in [5.74, 6) is 6.33. The Bertz CT molecular complexity index is 701. The van der Waals surface area contributed by atoms with Gasteiger partial charge in [-0.25, -0.2) is 5.01 Å².